The number of anilines is 1. The van der Waals surface area contributed by atoms with Gasteiger partial charge in [-0.3, -0.25) is 8.97 Å². The van der Waals surface area contributed by atoms with Crippen molar-refractivity contribution >= 4 is 11.3 Å². The Hall–Kier alpha value is -1.71. The number of aromatic nitrogens is 2. The smallest absolute Gasteiger partial charge is 0.334 e. The molecule has 0 unspecified atom stereocenters. The standard InChI is InChI=1S/C9H11N3O.C2H6/c1-6-3-4-7-5-8(10)11(2)9(13)12(6)7;1-2/h3-5H,10H2,1-2H3;1-2H3. The summed E-state index contributed by atoms with van der Waals surface area (Å²) in [7, 11) is 1.66. The van der Waals surface area contributed by atoms with Crippen LogP contribution in [0.4, 0.5) is 5.82 Å². The molecular formula is C11H17N3O. The first-order valence-electron chi connectivity index (χ1n) is 5.05. The van der Waals surface area contributed by atoms with E-state index >= 15 is 0 Å². The van der Waals surface area contributed by atoms with E-state index in [0.717, 1.165) is 11.2 Å². The Labute approximate surface area is 88.9 Å². The second kappa shape index (κ2) is 4.21. The van der Waals surface area contributed by atoms with Crippen LogP contribution >= 0.6 is 0 Å². The first kappa shape index (κ1) is 11.4. The molecular weight excluding hydrogens is 190 g/mol. The van der Waals surface area contributed by atoms with Crippen LogP contribution in [-0.2, 0) is 7.05 Å². The average molecular weight is 207 g/mol. The molecule has 2 rings (SSSR count). The average Bonchev–Trinajstić information content (AvgIpc) is 2.60. The van der Waals surface area contributed by atoms with E-state index in [1.807, 2.05) is 32.9 Å². The summed E-state index contributed by atoms with van der Waals surface area (Å²) in [5, 5.41) is 0. The fourth-order valence-electron chi connectivity index (χ4n) is 1.44. The first-order valence-corrected chi connectivity index (χ1v) is 5.05. The van der Waals surface area contributed by atoms with Crippen molar-refractivity contribution in [1.29, 1.82) is 0 Å². The maximum atomic E-state index is 11.7. The van der Waals surface area contributed by atoms with Crippen molar-refractivity contribution in [2.75, 3.05) is 5.73 Å². The SMILES string of the molecule is CC.Cc1ccc2cc(N)n(C)c(=O)n12. The largest absolute Gasteiger partial charge is 0.385 e. The van der Waals surface area contributed by atoms with Gasteiger partial charge in [0.1, 0.15) is 5.82 Å². The molecule has 4 nitrogen and oxygen atoms in total. The molecule has 2 N–H and O–H groups in total. The van der Waals surface area contributed by atoms with Crippen LogP contribution in [0.1, 0.15) is 19.5 Å². The van der Waals surface area contributed by atoms with Gasteiger partial charge in [-0.15, -0.1) is 0 Å². The lowest BCUT2D eigenvalue weighted by Crippen LogP contribution is -2.26. The van der Waals surface area contributed by atoms with Crippen LogP contribution in [-0.4, -0.2) is 8.97 Å². The Morgan fingerprint density at radius 2 is 1.87 bits per heavy atom. The third-order valence-corrected chi connectivity index (χ3v) is 2.27. The van der Waals surface area contributed by atoms with Crippen molar-refractivity contribution < 1.29 is 0 Å². The maximum absolute atomic E-state index is 11.7. The molecule has 0 aliphatic heterocycles. The lowest BCUT2D eigenvalue weighted by Gasteiger charge is -2.04. The van der Waals surface area contributed by atoms with Crippen LogP contribution in [0.15, 0.2) is 23.0 Å². The van der Waals surface area contributed by atoms with Gasteiger partial charge in [0.05, 0.1) is 5.52 Å². The zero-order valence-corrected chi connectivity index (χ0v) is 9.61. The molecule has 0 atom stereocenters. The van der Waals surface area contributed by atoms with Crippen molar-refractivity contribution in [3.8, 4) is 0 Å². The van der Waals surface area contributed by atoms with Crippen LogP contribution in [0.25, 0.3) is 5.52 Å². The molecule has 0 spiro atoms. The van der Waals surface area contributed by atoms with Gasteiger partial charge in [0, 0.05) is 18.8 Å². The van der Waals surface area contributed by atoms with Gasteiger partial charge >= 0.3 is 5.69 Å². The summed E-state index contributed by atoms with van der Waals surface area (Å²) in [4.78, 5) is 11.7. The number of rotatable bonds is 0. The minimum Gasteiger partial charge on any atom is -0.385 e. The van der Waals surface area contributed by atoms with E-state index in [-0.39, 0.29) is 5.69 Å². The number of hydrogen-bond donors (Lipinski definition) is 1. The van der Waals surface area contributed by atoms with Gasteiger partial charge in [-0.05, 0) is 19.1 Å². The van der Waals surface area contributed by atoms with Crippen molar-refractivity contribution in [3.05, 3.63) is 34.4 Å². The topological polar surface area (TPSA) is 52.4 Å². The minimum atomic E-state index is -0.0995. The molecule has 15 heavy (non-hydrogen) atoms. The second-order valence-corrected chi connectivity index (χ2v) is 3.15. The van der Waals surface area contributed by atoms with Gasteiger partial charge in [0.15, 0.2) is 0 Å². The van der Waals surface area contributed by atoms with E-state index < -0.39 is 0 Å². The molecule has 4 heteroatoms. The Morgan fingerprint density at radius 3 is 2.47 bits per heavy atom. The van der Waals surface area contributed by atoms with Crippen molar-refractivity contribution in [2.24, 2.45) is 7.05 Å². The highest BCUT2D eigenvalue weighted by molar-refractivity contribution is 5.55. The highest BCUT2D eigenvalue weighted by atomic mass is 16.1. The van der Waals surface area contributed by atoms with Gasteiger partial charge in [-0.2, -0.15) is 0 Å². The molecule has 2 aromatic rings. The molecule has 2 heterocycles. The summed E-state index contributed by atoms with van der Waals surface area (Å²) in [6.45, 7) is 5.89. The van der Waals surface area contributed by atoms with Gasteiger partial charge in [-0.25, -0.2) is 4.79 Å². The van der Waals surface area contributed by atoms with Crippen molar-refractivity contribution in [3.63, 3.8) is 0 Å². The first-order chi connectivity index (χ1) is 7.11. The molecule has 0 bridgehead atoms. The molecule has 0 aliphatic rings. The quantitative estimate of drug-likeness (QED) is 0.712. The molecule has 0 saturated heterocycles. The van der Waals surface area contributed by atoms with Crippen LogP contribution in [0.2, 0.25) is 0 Å². The minimum absolute atomic E-state index is 0.0995. The number of nitrogen functional groups attached to an aromatic ring is 1. The Bertz CT molecular complexity index is 522. The summed E-state index contributed by atoms with van der Waals surface area (Å²) in [6.07, 6.45) is 0. The van der Waals surface area contributed by atoms with Crippen LogP contribution in [0.3, 0.4) is 0 Å². The summed E-state index contributed by atoms with van der Waals surface area (Å²) < 4.78 is 3.07. The predicted molar refractivity (Wildman–Crippen MR) is 63.1 cm³/mol. The summed E-state index contributed by atoms with van der Waals surface area (Å²) in [6, 6.07) is 5.57. The van der Waals surface area contributed by atoms with Crippen molar-refractivity contribution in [1.82, 2.24) is 8.97 Å². The lowest BCUT2D eigenvalue weighted by atomic mass is 10.4. The van der Waals surface area contributed by atoms with Crippen LogP contribution in [0.5, 0.6) is 0 Å². The summed E-state index contributed by atoms with van der Waals surface area (Å²) in [5.41, 5.74) is 7.32. The highest BCUT2D eigenvalue weighted by Crippen LogP contribution is 2.08. The van der Waals surface area contributed by atoms with Gasteiger partial charge < -0.3 is 5.73 Å². The number of aryl methyl sites for hydroxylation is 1. The van der Waals surface area contributed by atoms with E-state index in [9.17, 15) is 4.79 Å². The molecule has 0 radical (unpaired) electrons. The third kappa shape index (κ3) is 1.75. The molecule has 0 aliphatic carbocycles. The van der Waals surface area contributed by atoms with Gasteiger partial charge in [0.25, 0.3) is 0 Å². The lowest BCUT2D eigenvalue weighted by molar-refractivity contribution is 0.794. The van der Waals surface area contributed by atoms with Crippen molar-refractivity contribution in [2.45, 2.75) is 20.8 Å². The maximum Gasteiger partial charge on any atom is 0.334 e. The number of fused-ring (bicyclic) bond motifs is 1. The zero-order chi connectivity index (χ0) is 11.6. The fraction of sp³-hybridized carbons (Fsp3) is 0.364. The molecule has 0 aromatic carbocycles. The van der Waals surface area contributed by atoms with Crippen LogP contribution < -0.4 is 11.4 Å². The Morgan fingerprint density at radius 1 is 1.27 bits per heavy atom. The van der Waals surface area contributed by atoms with E-state index in [4.69, 9.17) is 5.73 Å². The Kier molecular flexibility index (Phi) is 3.19. The zero-order valence-electron chi connectivity index (χ0n) is 9.61. The normalized spacial score (nSPS) is 9.87. The molecule has 0 fully saturated rings. The fourth-order valence-corrected chi connectivity index (χ4v) is 1.44. The highest BCUT2D eigenvalue weighted by Gasteiger charge is 2.04. The summed E-state index contributed by atoms with van der Waals surface area (Å²) >= 11 is 0. The van der Waals surface area contributed by atoms with E-state index in [0.29, 0.717) is 5.82 Å². The predicted octanol–water partition coefficient (Wildman–Crippen LogP) is 1.55. The number of hydrogen-bond acceptors (Lipinski definition) is 2. The molecule has 82 valence electrons. The number of nitrogens with two attached hydrogens (primary N) is 1. The molecule has 0 amide bonds. The van der Waals surface area contributed by atoms with E-state index in [1.165, 1.54) is 4.57 Å². The molecule has 2 aromatic heterocycles. The second-order valence-electron chi connectivity index (χ2n) is 3.15. The monoisotopic (exact) mass is 207 g/mol. The summed E-state index contributed by atoms with van der Waals surface area (Å²) in [5.74, 6) is 0.482. The molecule has 0 saturated carbocycles. The number of nitrogens with zero attached hydrogens (tertiary/aromatic N) is 2. The van der Waals surface area contributed by atoms with Crippen LogP contribution in [0, 0.1) is 6.92 Å². The Balaban J connectivity index is 0.000000531. The van der Waals surface area contributed by atoms with Gasteiger partial charge in [0.2, 0.25) is 0 Å². The van der Waals surface area contributed by atoms with E-state index in [2.05, 4.69) is 0 Å². The third-order valence-electron chi connectivity index (χ3n) is 2.27. The van der Waals surface area contributed by atoms with Gasteiger partial charge in [-0.1, -0.05) is 13.8 Å². The van der Waals surface area contributed by atoms with E-state index in [1.54, 1.807) is 17.5 Å².